The molecule has 4 heterocycles. The average molecular weight is 375 g/mol. The van der Waals surface area contributed by atoms with Gasteiger partial charge >= 0.3 is 0 Å². The summed E-state index contributed by atoms with van der Waals surface area (Å²) in [7, 11) is -2.91. The van der Waals surface area contributed by atoms with E-state index < -0.39 is 9.84 Å². The van der Waals surface area contributed by atoms with Crippen LogP contribution in [0.15, 0.2) is 30.9 Å². The molecule has 1 N–H and O–H groups in total. The van der Waals surface area contributed by atoms with Crippen LogP contribution < -0.4 is 15.1 Å². The molecule has 4 rings (SSSR count). The number of piperazine rings is 1. The molecule has 2 fully saturated rings. The average Bonchev–Trinajstić information content (AvgIpc) is 3.01. The fourth-order valence-corrected chi connectivity index (χ4v) is 4.98. The highest BCUT2D eigenvalue weighted by molar-refractivity contribution is 7.91. The van der Waals surface area contributed by atoms with Crippen molar-refractivity contribution < 1.29 is 8.42 Å². The normalized spacial score (nSPS) is 22.4. The summed E-state index contributed by atoms with van der Waals surface area (Å²) < 4.78 is 23.2. The van der Waals surface area contributed by atoms with E-state index in [-0.39, 0.29) is 17.5 Å². The Balaban J connectivity index is 1.38. The number of nitrogens with one attached hydrogen (secondary N) is 1. The van der Waals surface area contributed by atoms with Crippen LogP contribution in [0, 0.1) is 0 Å². The molecule has 1 atom stereocenters. The SMILES string of the molecule is O=S1(=O)CCC(Nc2cc(N3CCN(c4ncccn4)CC3)ncn2)C1. The van der Waals surface area contributed by atoms with Crippen LogP contribution in [0.25, 0.3) is 0 Å². The van der Waals surface area contributed by atoms with Crippen molar-refractivity contribution in [1.29, 1.82) is 0 Å². The minimum Gasteiger partial charge on any atom is -0.366 e. The second-order valence-corrected chi connectivity index (χ2v) is 8.76. The summed E-state index contributed by atoms with van der Waals surface area (Å²) in [6.45, 7) is 3.26. The molecule has 2 aromatic rings. The lowest BCUT2D eigenvalue weighted by molar-refractivity contribution is 0.602. The van der Waals surface area contributed by atoms with Gasteiger partial charge in [0, 0.05) is 50.7 Å². The Morgan fingerprint density at radius 3 is 2.42 bits per heavy atom. The molecule has 0 amide bonds. The van der Waals surface area contributed by atoms with Crippen molar-refractivity contribution in [3.05, 3.63) is 30.9 Å². The number of rotatable bonds is 4. The van der Waals surface area contributed by atoms with Gasteiger partial charge in [-0.05, 0) is 12.5 Å². The minimum atomic E-state index is -2.91. The topological polar surface area (TPSA) is 104 Å². The van der Waals surface area contributed by atoms with Gasteiger partial charge in [0.25, 0.3) is 0 Å². The number of hydrogen-bond donors (Lipinski definition) is 1. The van der Waals surface area contributed by atoms with Gasteiger partial charge in [-0.1, -0.05) is 0 Å². The number of sulfone groups is 1. The molecule has 2 aromatic heterocycles. The van der Waals surface area contributed by atoms with Crippen LogP contribution in [-0.2, 0) is 9.84 Å². The van der Waals surface area contributed by atoms with Crippen LogP contribution in [0.2, 0.25) is 0 Å². The zero-order valence-electron chi connectivity index (χ0n) is 14.3. The highest BCUT2D eigenvalue weighted by Gasteiger charge is 2.28. The van der Waals surface area contributed by atoms with Gasteiger partial charge in [0.2, 0.25) is 5.95 Å². The zero-order chi connectivity index (χ0) is 18.0. The van der Waals surface area contributed by atoms with Crippen molar-refractivity contribution in [3.63, 3.8) is 0 Å². The predicted octanol–water partition coefficient (Wildman–Crippen LogP) is 0.192. The van der Waals surface area contributed by atoms with Crippen LogP contribution in [0.1, 0.15) is 6.42 Å². The molecule has 9 nitrogen and oxygen atoms in total. The molecule has 0 aromatic carbocycles. The van der Waals surface area contributed by atoms with Crippen molar-refractivity contribution in [2.75, 3.05) is 52.8 Å². The van der Waals surface area contributed by atoms with E-state index in [0.717, 1.165) is 37.9 Å². The summed E-state index contributed by atoms with van der Waals surface area (Å²) in [6.07, 6.45) is 5.64. The van der Waals surface area contributed by atoms with Crippen LogP contribution in [0.5, 0.6) is 0 Å². The molecule has 2 aliphatic heterocycles. The summed E-state index contributed by atoms with van der Waals surface area (Å²) >= 11 is 0. The van der Waals surface area contributed by atoms with Gasteiger partial charge in [-0.2, -0.15) is 0 Å². The van der Waals surface area contributed by atoms with E-state index >= 15 is 0 Å². The van der Waals surface area contributed by atoms with E-state index in [4.69, 9.17) is 0 Å². The molecule has 0 aliphatic carbocycles. The third kappa shape index (κ3) is 3.85. The number of nitrogens with zero attached hydrogens (tertiary/aromatic N) is 6. The lowest BCUT2D eigenvalue weighted by Gasteiger charge is -2.35. The summed E-state index contributed by atoms with van der Waals surface area (Å²) in [4.78, 5) is 21.5. The third-order valence-corrected chi connectivity index (χ3v) is 6.44. The van der Waals surface area contributed by atoms with Crippen LogP contribution in [0.4, 0.5) is 17.6 Å². The Labute approximate surface area is 152 Å². The first-order valence-corrected chi connectivity index (χ1v) is 10.5. The molecule has 26 heavy (non-hydrogen) atoms. The minimum absolute atomic E-state index is 0.0742. The Morgan fingerprint density at radius 2 is 1.73 bits per heavy atom. The molecular weight excluding hydrogens is 354 g/mol. The van der Waals surface area contributed by atoms with Gasteiger partial charge in [-0.25, -0.2) is 28.4 Å². The van der Waals surface area contributed by atoms with Crippen LogP contribution in [-0.4, -0.2) is 72.1 Å². The molecule has 1 unspecified atom stereocenters. The van der Waals surface area contributed by atoms with Gasteiger partial charge < -0.3 is 15.1 Å². The molecule has 2 aliphatic rings. The second kappa shape index (κ2) is 7.02. The van der Waals surface area contributed by atoms with Crippen molar-refractivity contribution in [1.82, 2.24) is 19.9 Å². The standard InChI is InChI=1S/C16H21N7O2S/c24-26(25)9-2-13(11-26)21-14-10-15(20-12-19-14)22-5-7-23(8-6-22)16-17-3-1-4-18-16/h1,3-4,10,12-13H,2,5-9,11H2,(H,19,20,21). The van der Waals surface area contributed by atoms with Crippen LogP contribution in [0.3, 0.4) is 0 Å². The molecule has 0 bridgehead atoms. The molecule has 2 saturated heterocycles. The molecule has 0 radical (unpaired) electrons. The van der Waals surface area contributed by atoms with E-state index in [1.54, 1.807) is 12.4 Å². The number of hydrogen-bond acceptors (Lipinski definition) is 9. The second-order valence-electron chi connectivity index (χ2n) is 6.53. The first kappa shape index (κ1) is 17.0. The summed E-state index contributed by atoms with van der Waals surface area (Å²) in [5.74, 6) is 2.68. The maximum Gasteiger partial charge on any atom is 0.225 e. The molecule has 138 valence electrons. The fourth-order valence-electron chi connectivity index (χ4n) is 3.31. The van der Waals surface area contributed by atoms with Gasteiger partial charge in [-0.15, -0.1) is 0 Å². The Hall–Kier alpha value is -2.49. The maximum atomic E-state index is 11.6. The van der Waals surface area contributed by atoms with Gasteiger partial charge in [0.05, 0.1) is 11.5 Å². The Kier molecular flexibility index (Phi) is 4.58. The van der Waals surface area contributed by atoms with Crippen molar-refractivity contribution in [2.24, 2.45) is 0 Å². The molecule has 0 saturated carbocycles. The highest BCUT2D eigenvalue weighted by Crippen LogP contribution is 2.20. The smallest absolute Gasteiger partial charge is 0.225 e. The summed E-state index contributed by atoms with van der Waals surface area (Å²) in [5, 5.41) is 3.22. The van der Waals surface area contributed by atoms with E-state index in [1.807, 2.05) is 12.1 Å². The summed E-state index contributed by atoms with van der Waals surface area (Å²) in [6, 6.07) is 3.62. The zero-order valence-corrected chi connectivity index (χ0v) is 15.1. The highest BCUT2D eigenvalue weighted by atomic mass is 32.2. The lowest BCUT2D eigenvalue weighted by Crippen LogP contribution is -2.47. The number of anilines is 3. The Morgan fingerprint density at radius 1 is 1.00 bits per heavy atom. The van der Waals surface area contributed by atoms with E-state index in [1.165, 1.54) is 6.33 Å². The summed E-state index contributed by atoms with van der Waals surface area (Å²) in [5.41, 5.74) is 0. The molecule has 0 spiro atoms. The van der Waals surface area contributed by atoms with Crippen molar-refractivity contribution >= 4 is 27.4 Å². The predicted molar refractivity (Wildman–Crippen MR) is 99.2 cm³/mol. The van der Waals surface area contributed by atoms with Gasteiger partial charge in [0.1, 0.15) is 18.0 Å². The molecule has 10 heteroatoms. The van der Waals surface area contributed by atoms with E-state index in [2.05, 4.69) is 35.1 Å². The maximum absolute atomic E-state index is 11.6. The van der Waals surface area contributed by atoms with Crippen molar-refractivity contribution in [2.45, 2.75) is 12.5 Å². The first-order chi connectivity index (χ1) is 12.6. The quantitative estimate of drug-likeness (QED) is 0.802. The van der Waals surface area contributed by atoms with Gasteiger partial charge in [0.15, 0.2) is 9.84 Å². The number of aromatic nitrogens is 4. The third-order valence-electron chi connectivity index (χ3n) is 4.68. The van der Waals surface area contributed by atoms with Crippen molar-refractivity contribution in [3.8, 4) is 0 Å². The fraction of sp³-hybridized carbons (Fsp3) is 0.500. The first-order valence-electron chi connectivity index (χ1n) is 8.65. The van der Waals surface area contributed by atoms with Crippen LogP contribution >= 0.6 is 0 Å². The Bertz CT molecular complexity index is 854. The lowest BCUT2D eigenvalue weighted by atomic mass is 10.2. The molecular formula is C16H21N7O2S. The van der Waals surface area contributed by atoms with E-state index in [0.29, 0.717) is 12.2 Å². The van der Waals surface area contributed by atoms with Gasteiger partial charge in [-0.3, -0.25) is 0 Å². The monoisotopic (exact) mass is 375 g/mol. The largest absolute Gasteiger partial charge is 0.366 e. The van der Waals surface area contributed by atoms with E-state index in [9.17, 15) is 8.42 Å².